The van der Waals surface area contributed by atoms with Crippen molar-refractivity contribution in [2.45, 2.75) is 10.3 Å². The van der Waals surface area contributed by atoms with Crippen molar-refractivity contribution < 1.29 is 9.13 Å². The smallest absolute Gasteiger partial charge is 0.223 e. The summed E-state index contributed by atoms with van der Waals surface area (Å²) in [6, 6.07) is 11.1. The van der Waals surface area contributed by atoms with Crippen molar-refractivity contribution in [1.82, 2.24) is 24.8 Å². The van der Waals surface area contributed by atoms with E-state index in [9.17, 15) is 4.39 Å². The maximum Gasteiger partial charge on any atom is 0.223 e. The van der Waals surface area contributed by atoms with Gasteiger partial charge in [-0.2, -0.15) is 4.98 Å². The maximum atomic E-state index is 13.0. The number of rotatable bonds is 5. The Kier molecular flexibility index (Phi) is 4.50. The SMILES string of the molecule is Nn1c(Sc2nccc(Oc3ccc(F)cc3)n2)nnc1-c1cccs1. The van der Waals surface area contributed by atoms with Crippen molar-refractivity contribution in [1.29, 1.82) is 0 Å². The van der Waals surface area contributed by atoms with Gasteiger partial charge in [-0.25, -0.2) is 14.1 Å². The van der Waals surface area contributed by atoms with E-state index in [-0.39, 0.29) is 5.82 Å². The summed E-state index contributed by atoms with van der Waals surface area (Å²) in [4.78, 5) is 9.40. The lowest BCUT2D eigenvalue weighted by molar-refractivity contribution is 0.454. The van der Waals surface area contributed by atoms with Crippen LogP contribution in [-0.2, 0) is 0 Å². The van der Waals surface area contributed by atoms with Gasteiger partial charge in [0.25, 0.3) is 0 Å². The number of benzene rings is 1. The van der Waals surface area contributed by atoms with Crippen LogP contribution in [0.2, 0.25) is 0 Å². The van der Waals surface area contributed by atoms with Crippen LogP contribution in [0.15, 0.2) is 64.4 Å². The molecule has 0 aliphatic rings. The first kappa shape index (κ1) is 16.5. The molecule has 0 fully saturated rings. The van der Waals surface area contributed by atoms with Crippen LogP contribution in [0.1, 0.15) is 0 Å². The Morgan fingerprint density at radius 2 is 1.96 bits per heavy atom. The molecule has 7 nitrogen and oxygen atoms in total. The summed E-state index contributed by atoms with van der Waals surface area (Å²) < 4.78 is 20.0. The first-order valence-corrected chi connectivity index (χ1v) is 9.07. The second kappa shape index (κ2) is 7.10. The van der Waals surface area contributed by atoms with Crippen molar-refractivity contribution in [3.8, 4) is 22.3 Å². The van der Waals surface area contributed by atoms with Crippen LogP contribution in [-0.4, -0.2) is 24.8 Å². The van der Waals surface area contributed by atoms with Gasteiger partial charge >= 0.3 is 0 Å². The molecule has 0 saturated carbocycles. The standard InChI is InChI=1S/C16H11FN6OS2/c17-10-3-5-11(6-4-10)24-13-7-8-19-15(20-13)26-16-22-21-14(23(16)18)12-2-1-9-25-12/h1-9H,18H2. The fourth-order valence-electron chi connectivity index (χ4n) is 2.06. The van der Waals surface area contributed by atoms with Gasteiger partial charge in [-0.1, -0.05) is 6.07 Å². The molecule has 2 N–H and O–H groups in total. The first-order valence-electron chi connectivity index (χ1n) is 7.38. The van der Waals surface area contributed by atoms with E-state index in [2.05, 4.69) is 20.2 Å². The molecule has 4 rings (SSSR count). The van der Waals surface area contributed by atoms with E-state index < -0.39 is 0 Å². The molecule has 130 valence electrons. The number of aromatic nitrogens is 5. The average Bonchev–Trinajstić information content (AvgIpc) is 3.28. The van der Waals surface area contributed by atoms with Crippen LogP contribution in [0.4, 0.5) is 4.39 Å². The van der Waals surface area contributed by atoms with E-state index in [0.29, 0.717) is 27.8 Å². The zero-order valence-electron chi connectivity index (χ0n) is 13.1. The minimum Gasteiger partial charge on any atom is -0.439 e. The molecule has 0 radical (unpaired) electrons. The molecule has 0 aliphatic carbocycles. The minimum atomic E-state index is -0.333. The quantitative estimate of drug-likeness (QED) is 0.414. The number of nitrogens with two attached hydrogens (primary N) is 1. The number of hydrogen-bond donors (Lipinski definition) is 1. The van der Waals surface area contributed by atoms with Crippen LogP contribution in [0.25, 0.3) is 10.7 Å². The van der Waals surface area contributed by atoms with Gasteiger partial charge in [-0.15, -0.1) is 21.5 Å². The third-order valence-corrected chi connectivity index (χ3v) is 4.94. The van der Waals surface area contributed by atoms with Crippen molar-refractivity contribution in [2.75, 3.05) is 5.84 Å². The predicted octanol–water partition coefficient (Wildman–Crippen LogP) is 3.59. The highest BCUT2D eigenvalue weighted by atomic mass is 32.2. The lowest BCUT2D eigenvalue weighted by Gasteiger charge is -2.06. The van der Waals surface area contributed by atoms with Crippen molar-refractivity contribution in [3.63, 3.8) is 0 Å². The Morgan fingerprint density at radius 1 is 1.12 bits per heavy atom. The van der Waals surface area contributed by atoms with E-state index >= 15 is 0 Å². The van der Waals surface area contributed by atoms with E-state index in [1.165, 1.54) is 52.0 Å². The first-order chi connectivity index (χ1) is 12.7. The van der Waals surface area contributed by atoms with Crippen molar-refractivity contribution in [3.05, 3.63) is 59.9 Å². The highest BCUT2D eigenvalue weighted by Gasteiger charge is 2.15. The van der Waals surface area contributed by atoms with Gasteiger partial charge in [0.05, 0.1) is 4.88 Å². The van der Waals surface area contributed by atoms with E-state index in [4.69, 9.17) is 10.6 Å². The largest absolute Gasteiger partial charge is 0.439 e. The van der Waals surface area contributed by atoms with Gasteiger partial charge in [0.1, 0.15) is 11.6 Å². The Bertz CT molecular complexity index is 1020. The fraction of sp³-hybridized carbons (Fsp3) is 0. The Hall–Kier alpha value is -2.98. The highest BCUT2D eigenvalue weighted by Crippen LogP contribution is 2.29. The van der Waals surface area contributed by atoms with Crippen LogP contribution in [0, 0.1) is 5.82 Å². The summed E-state index contributed by atoms with van der Waals surface area (Å²) >= 11 is 2.69. The lowest BCUT2D eigenvalue weighted by atomic mass is 10.3. The zero-order valence-corrected chi connectivity index (χ0v) is 14.7. The molecule has 0 atom stereocenters. The number of halogens is 1. The number of nitrogens with zero attached hydrogens (tertiary/aromatic N) is 5. The molecule has 0 unspecified atom stereocenters. The molecule has 0 saturated heterocycles. The molecular weight excluding hydrogens is 375 g/mol. The Balaban J connectivity index is 1.53. The Morgan fingerprint density at radius 3 is 2.73 bits per heavy atom. The summed E-state index contributed by atoms with van der Waals surface area (Å²) in [7, 11) is 0. The number of ether oxygens (including phenoxy) is 1. The molecule has 0 spiro atoms. The minimum absolute atomic E-state index is 0.329. The molecule has 26 heavy (non-hydrogen) atoms. The maximum absolute atomic E-state index is 13.0. The van der Waals surface area contributed by atoms with Gasteiger partial charge in [0, 0.05) is 12.3 Å². The second-order valence-electron chi connectivity index (χ2n) is 4.99. The van der Waals surface area contributed by atoms with Crippen molar-refractivity contribution in [2.24, 2.45) is 0 Å². The number of nitrogen functional groups attached to an aromatic ring is 1. The normalized spacial score (nSPS) is 10.8. The topological polar surface area (TPSA) is 91.7 Å². The molecule has 0 amide bonds. The van der Waals surface area contributed by atoms with Gasteiger partial charge in [-0.05, 0) is 47.5 Å². The number of hydrogen-bond acceptors (Lipinski definition) is 8. The average molecular weight is 386 g/mol. The number of thiophene rings is 1. The summed E-state index contributed by atoms with van der Waals surface area (Å²) in [5, 5.41) is 11.0. The summed E-state index contributed by atoms with van der Waals surface area (Å²) in [6.45, 7) is 0. The third kappa shape index (κ3) is 3.51. The molecule has 4 aromatic rings. The van der Waals surface area contributed by atoms with Crippen LogP contribution in [0.5, 0.6) is 11.6 Å². The molecule has 3 heterocycles. The highest BCUT2D eigenvalue weighted by molar-refractivity contribution is 7.99. The third-order valence-electron chi connectivity index (χ3n) is 3.23. The second-order valence-corrected chi connectivity index (χ2v) is 6.87. The summed E-state index contributed by atoms with van der Waals surface area (Å²) in [5.74, 6) is 7.12. The van der Waals surface area contributed by atoms with Crippen LogP contribution in [0.3, 0.4) is 0 Å². The van der Waals surface area contributed by atoms with E-state index in [1.807, 2.05) is 17.5 Å². The van der Waals surface area contributed by atoms with Gasteiger partial charge in [0.15, 0.2) is 11.0 Å². The van der Waals surface area contributed by atoms with Gasteiger partial charge in [0.2, 0.25) is 11.0 Å². The lowest BCUT2D eigenvalue weighted by Crippen LogP contribution is -2.11. The molecule has 10 heteroatoms. The van der Waals surface area contributed by atoms with Crippen LogP contribution >= 0.6 is 23.1 Å². The van der Waals surface area contributed by atoms with Gasteiger partial charge in [-0.3, -0.25) is 0 Å². The zero-order chi connectivity index (χ0) is 17.9. The van der Waals surface area contributed by atoms with Gasteiger partial charge < -0.3 is 10.6 Å². The molecule has 3 aromatic heterocycles. The predicted molar refractivity (Wildman–Crippen MR) is 96.1 cm³/mol. The molecule has 0 aliphatic heterocycles. The monoisotopic (exact) mass is 386 g/mol. The van der Waals surface area contributed by atoms with E-state index in [0.717, 1.165) is 4.88 Å². The summed E-state index contributed by atoms with van der Waals surface area (Å²) in [5.41, 5.74) is 0. The molecular formula is C16H11FN6OS2. The Labute approximate surface area is 155 Å². The van der Waals surface area contributed by atoms with E-state index in [1.54, 1.807) is 12.3 Å². The van der Waals surface area contributed by atoms with Crippen molar-refractivity contribution >= 4 is 23.1 Å². The molecule has 0 bridgehead atoms. The van der Waals surface area contributed by atoms with Crippen LogP contribution < -0.4 is 10.6 Å². The fourth-order valence-corrected chi connectivity index (χ4v) is 3.44. The molecule has 1 aromatic carbocycles. The summed E-state index contributed by atoms with van der Waals surface area (Å²) in [6.07, 6.45) is 1.56.